The Kier molecular flexibility index (Phi) is 5.87. The smallest absolute Gasteiger partial charge is 0.358 e. The molecule has 0 aliphatic carbocycles. The molecule has 0 fully saturated rings. The van der Waals surface area contributed by atoms with Gasteiger partial charge in [-0.3, -0.25) is 14.6 Å². The SMILES string of the molecule is Cc1cc([N+](=O)[O-])nn1Cc1noc(C(=O)NCCNC(=O)c2cccnc2)n1. The van der Waals surface area contributed by atoms with Crippen LogP contribution in [-0.4, -0.2) is 54.7 Å². The monoisotopic (exact) mass is 400 g/mol. The number of pyridine rings is 1. The zero-order chi connectivity index (χ0) is 20.8. The van der Waals surface area contributed by atoms with E-state index in [9.17, 15) is 19.7 Å². The van der Waals surface area contributed by atoms with E-state index in [0.717, 1.165) is 0 Å². The third-order valence-corrected chi connectivity index (χ3v) is 3.73. The topological polar surface area (TPSA) is 171 Å². The molecule has 3 heterocycles. The number of carbonyl (C=O) groups is 2. The molecule has 13 nitrogen and oxygen atoms in total. The summed E-state index contributed by atoms with van der Waals surface area (Å²) in [6.45, 7) is 1.99. The standard InChI is InChI=1S/C16H16N8O5/c1-10-7-13(24(27)28)21-23(10)9-12-20-16(29-22-12)15(26)19-6-5-18-14(25)11-3-2-4-17-8-11/h2-4,7-8H,5-6,9H2,1H3,(H,18,25)(H,19,26). The van der Waals surface area contributed by atoms with Crippen LogP contribution in [0.1, 0.15) is 32.6 Å². The van der Waals surface area contributed by atoms with E-state index in [1.807, 2.05) is 0 Å². The highest BCUT2D eigenvalue weighted by Gasteiger charge is 2.19. The molecule has 150 valence electrons. The third-order valence-electron chi connectivity index (χ3n) is 3.73. The molecule has 0 radical (unpaired) electrons. The summed E-state index contributed by atoms with van der Waals surface area (Å²) < 4.78 is 6.23. The molecule has 0 saturated heterocycles. The minimum Gasteiger partial charge on any atom is -0.358 e. The van der Waals surface area contributed by atoms with Crippen LogP contribution in [0.15, 0.2) is 35.1 Å². The third kappa shape index (κ3) is 4.97. The Balaban J connectivity index is 1.48. The van der Waals surface area contributed by atoms with E-state index in [-0.39, 0.29) is 43.1 Å². The van der Waals surface area contributed by atoms with Gasteiger partial charge >= 0.3 is 17.6 Å². The van der Waals surface area contributed by atoms with Crippen LogP contribution in [0.25, 0.3) is 0 Å². The maximum absolute atomic E-state index is 12.0. The van der Waals surface area contributed by atoms with Crippen molar-refractivity contribution in [1.82, 2.24) is 35.5 Å². The average molecular weight is 400 g/mol. The van der Waals surface area contributed by atoms with Crippen LogP contribution in [0.2, 0.25) is 0 Å². The number of nitrogens with zero attached hydrogens (tertiary/aromatic N) is 6. The highest BCUT2D eigenvalue weighted by atomic mass is 16.6. The number of nitrogens with one attached hydrogen (secondary N) is 2. The fourth-order valence-corrected chi connectivity index (χ4v) is 2.31. The van der Waals surface area contributed by atoms with E-state index in [4.69, 9.17) is 4.52 Å². The Labute approximate surface area is 163 Å². The first-order valence-corrected chi connectivity index (χ1v) is 8.42. The van der Waals surface area contributed by atoms with Crippen LogP contribution in [0.3, 0.4) is 0 Å². The van der Waals surface area contributed by atoms with Crippen molar-refractivity contribution in [2.75, 3.05) is 13.1 Å². The highest BCUT2D eigenvalue weighted by molar-refractivity contribution is 5.93. The van der Waals surface area contributed by atoms with E-state index in [1.165, 1.54) is 16.9 Å². The Bertz CT molecular complexity index is 1030. The van der Waals surface area contributed by atoms with E-state index < -0.39 is 10.8 Å². The fourth-order valence-electron chi connectivity index (χ4n) is 2.31. The summed E-state index contributed by atoms with van der Waals surface area (Å²) in [5, 5.41) is 23.4. The van der Waals surface area contributed by atoms with E-state index >= 15 is 0 Å². The number of hydrogen-bond donors (Lipinski definition) is 2. The molecule has 0 unspecified atom stereocenters. The second kappa shape index (κ2) is 8.69. The largest absolute Gasteiger partial charge is 0.390 e. The molecule has 0 aromatic carbocycles. The summed E-state index contributed by atoms with van der Waals surface area (Å²) in [4.78, 5) is 41.8. The van der Waals surface area contributed by atoms with Crippen molar-refractivity contribution in [1.29, 1.82) is 0 Å². The van der Waals surface area contributed by atoms with Crippen molar-refractivity contribution in [2.45, 2.75) is 13.5 Å². The molecule has 0 atom stereocenters. The van der Waals surface area contributed by atoms with Crippen LogP contribution in [0, 0.1) is 17.0 Å². The van der Waals surface area contributed by atoms with Crippen LogP contribution in [0.4, 0.5) is 5.82 Å². The molecule has 0 bridgehead atoms. The zero-order valence-electron chi connectivity index (χ0n) is 15.2. The zero-order valence-corrected chi connectivity index (χ0v) is 15.2. The summed E-state index contributed by atoms with van der Waals surface area (Å²) in [5.41, 5.74) is 0.950. The Morgan fingerprint density at radius 1 is 1.28 bits per heavy atom. The molecule has 0 spiro atoms. The highest BCUT2D eigenvalue weighted by Crippen LogP contribution is 2.12. The molecule has 3 aromatic rings. The van der Waals surface area contributed by atoms with Gasteiger partial charge in [-0.1, -0.05) is 5.16 Å². The van der Waals surface area contributed by atoms with Gasteiger partial charge in [0.25, 0.3) is 5.91 Å². The van der Waals surface area contributed by atoms with Gasteiger partial charge in [0.05, 0.1) is 22.4 Å². The molecule has 13 heteroatoms. The van der Waals surface area contributed by atoms with E-state index in [1.54, 1.807) is 25.3 Å². The number of carbonyl (C=O) groups excluding carboxylic acids is 2. The predicted octanol–water partition coefficient (Wildman–Crippen LogP) is 0.0858. The van der Waals surface area contributed by atoms with Gasteiger partial charge in [-0.15, -0.1) is 0 Å². The quantitative estimate of drug-likeness (QED) is 0.302. The van der Waals surface area contributed by atoms with Crippen LogP contribution >= 0.6 is 0 Å². The van der Waals surface area contributed by atoms with Crippen molar-refractivity contribution in [2.24, 2.45) is 0 Å². The number of aromatic nitrogens is 5. The first-order valence-electron chi connectivity index (χ1n) is 8.42. The second-order valence-corrected chi connectivity index (χ2v) is 5.83. The molecule has 0 saturated carbocycles. The van der Waals surface area contributed by atoms with Crippen LogP contribution in [0.5, 0.6) is 0 Å². The lowest BCUT2D eigenvalue weighted by molar-refractivity contribution is -0.389. The van der Waals surface area contributed by atoms with Crippen molar-refractivity contribution in [3.8, 4) is 0 Å². The summed E-state index contributed by atoms with van der Waals surface area (Å²) in [7, 11) is 0. The van der Waals surface area contributed by atoms with E-state index in [2.05, 4.69) is 30.9 Å². The van der Waals surface area contributed by atoms with Crippen molar-refractivity contribution in [3.63, 3.8) is 0 Å². The lowest BCUT2D eigenvalue weighted by atomic mass is 10.3. The number of aryl methyl sites for hydroxylation is 1. The molecule has 0 aliphatic heterocycles. The molecule has 3 aromatic heterocycles. The van der Waals surface area contributed by atoms with Crippen LogP contribution in [-0.2, 0) is 6.54 Å². The first-order chi connectivity index (χ1) is 13.9. The van der Waals surface area contributed by atoms with Crippen molar-refractivity contribution >= 4 is 17.6 Å². The van der Waals surface area contributed by atoms with Gasteiger partial charge in [0.2, 0.25) is 0 Å². The number of nitro groups is 1. The summed E-state index contributed by atoms with van der Waals surface area (Å²) >= 11 is 0. The molecule has 29 heavy (non-hydrogen) atoms. The molecule has 2 amide bonds. The summed E-state index contributed by atoms with van der Waals surface area (Å²) in [5.74, 6) is -1.34. The minimum atomic E-state index is -0.609. The lowest BCUT2D eigenvalue weighted by Crippen LogP contribution is -2.34. The van der Waals surface area contributed by atoms with Gasteiger partial charge in [-0.05, 0) is 24.0 Å². The fraction of sp³-hybridized carbons (Fsp3) is 0.250. The summed E-state index contributed by atoms with van der Waals surface area (Å²) in [6.07, 6.45) is 2.99. The maximum Gasteiger partial charge on any atom is 0.390 e. The molecular formula is C16H16N8O5. The molecule has 3 rings (SSSR count). The number of hydrogen-bond acceptors (Lipinski definition) is 9. The number of rotatable bonds is 8. The van der Waals surface area contributed by atoms with Crippen molar-refractivity contribution < 1.29 is 19.0 Å². The molecule has 2 N–H and O–H groups in total. The molecular weight excluding hydrogens is 384 g/mol. The minimum absolute atomic E-state index is 0.0115. The van der Waals surface area contributed by atoms with Crippen LogP contribution < -0.4 is 10.6 Å². The lowest BCUT2D eigenvalue weighted by Gasteiger charge is -2.05. The maximum atomic E-state index is 12.0. The van der Waals surface area contributed by atoms with Gasteiger partial charge in [0.1, 0.15) is 6.54 Å². The van der Waals surface area contributed by atoms with Crippen molar-refractivity contribution in [3.05, 3.63) is 63.7 Å². The number of amides is 2. The van der Waals surface area contributed by atoms with Gasteiger partial charge in [0.15, 0.2) is 5.82 Å². The first kappa shape index (κ1) is 19.6. The normalized spacial score (nSPS) is 10.5. The average Bonchev–Trinajstić information content (AvgIpc) is 3.33. The van der Waals surface area contributed by atoms with Gasteiger partial charge in [-0.2, -0.15) is 9.67 Å². The van der Waals surface area contributed by atoms with E-state index in [0.29, 0.717) is 11.3 Å². The molecule has 0 aliphatic rings. The Hall–Kier alpha value is -4.16. The predicted molar refractivity (Wildman–Crippen MR) is 95.9 cm³/mol. The Morgan fingerprint density at radius 2 is 2.03 bits per heavy atom. The van der Waals surface area contributed by atoms with Gasteiger partial charge < -0.3 is 25.3 Å². The van der Waals surface area contributed by atoms with Gasteiger partial charge in [-0.25, -0.2) is 0 Å². The Morgan fingerprint density at radius 3 is 2.69 bits per heavy atom. The van der Waals surface area contributed by atoms with Gasteiger partial charge in [0, 0.05) is 25.5 Å². The summed E-state index contributed by atoms with van der Waals surface area (Å²) in [6, 6.07) is 4.58. The second-order valence-electron chi connectivity index (χ2n) is 5.83.